The van der Waals surface area contributed by atoms with Gasteiger partial charge < -0.3 is 10.6 Å². The second-order valence-corrected chi connectivity index (χ2v) is 9.04. The van der Waals surface area contributed by atoms with Gasteiger partial charge in [-0.2, -0.15) is 4.52 Å². The fourth-order valence-corrected chi connectivity index (χ4v) is 4.18. The summed E-state index contributed by atoms with van der Waals surface area (Å²) in [6.45, 7) is 4.15. The van der Waals surface area contributed by atoms with E-state index in [1.54, 1.807) is 0 Å². The summed E-state index contributed by atoms with van der Waals surface area (Å²) in [7, 11) is 0. The summed E-state index contributed by atoms with van der Waals surface area (Å²) in [5.41, 5.74) is 7.60. The van der Waals surface area contributed by atoms with Crippen LogP contribution in [0.2, 0.25) is 0 Å². The Labute approximate surface area is 215 Å². The maximum atomic E-state index is 5.10. The lowest BCUT2D eigenvalue weighted by atomic mass is 10.2. The standard InChI is InChI=1S/C31H26N6/c1-21-13-17-25(18-14-21)32-27-29(33-26-19-15-22(2)16-20-26)35-30(24-11-7-4-8-12-24)37-31(27)34-28(36-37)23-9-5-3-6-10-23/h3-20,32-33H,1-2H3. The number of fused-ring (bicyclic) bond motifs is 1. The van der Waals surface area contributed by atoms with Crippen molar-refractivity contribution in [1.82, 2.24) is 19.6 Å². The van der Waals surface area contributed by atoms with Crippen LogP contribution in [0.3, 0.4) is 0 Å². The Morgan fingerprint density at radius 1 is 0.568 bits per heavy atom. The molecule has 0 unspecified atom stereocenters. The SMILES string of the molecule is Cc1ccc(Nc2nc(-c3ccccc3)n3nc(-c4ccccc4)nc3c2Nc2ccc(C)cc2)cc1. The van der Waals surface area contributed by atoms with Crippen molar-refractivity contribution in [3.8, 4) is 22.8 Å². The van der Waals surface area contributed by atoms with Gasteiger partial charge >= 0.3 is 0 Å². The minimum Gasteiger partial charge on any atom is -0.349 e. The highest BCUT2D eigenvalue weighted by atomic mass is 15.3. The molecule has 0 saturated carbocycles. The zero-order valence-electron chi connectivity index (χ0n) is 20.7. The quantitative estimate of drug-likeness (QED) is 0.256. The van der Waals surface area contributed by atoms with Gasteiger partial charge in [-0.15, -0.1) is 5.10 Å². The third kappa shape index (κ3) is 4.65. The fourth-order valence-electron chi connectivity index (χ4n) is 4.18. The lowest BCUT2D eigenvalue weighted by Gasteiger charge is -2.16. The van der Waals surface area contributed by atoms with Gasteiger partial charge in [0.2, 0.25) is 0 Å². The van der Waals surface area contributed by atoms with Crippen molar-refractivity contribution >= 4 is 28.5 Å². The van der Waals surface area contributed by atoms with E-state index in [1.807, 2.05) is 65.2 Å². The molecule has 6 aromatic rings. The fraction of sp³-hybridized carbons (Fsp3) is 0.0645. The molecular formula is C31H26N6. The maximum absolute atomic E-state index is 5.10. The molecule has 0 radical (unpaired) electrons. The largest absolute Gasteiger partial charge is 0.349 e. The Morgan fingerprint density at radius 3 is 1.70 bits per heavy atom. The van der Waals surface area contributed by atoms with Crippen molar-refractivity contribution in [1.29, 1.82) is 0 Å². The van der Waals surface area contributed by atoms with Crippen LogP contribution in [0.25, 0.3) is 28.4 Å². The predicted octanol–water partition coefficient (Wildman–Crippen LogP) is 7.56. The Morgan fingerprint density at radius 2 is 1.11 bits per heavy atom. The van der Waals surface area contributed by atoms with Gasteiger partial charge in [-0.25, -0.2) is 9.97 Å². The molecule has 2 N–H and O–H groups in total. The molecule has 4 aromatic carbocycles. The number of nitrogens with one attached hydrogen (secondary N) is 2. The molecule has 0 aliphatic carbocycles. The second kappa shape index (κ2) is 9.59. The lowest BCUT2D eigenvalue weighted by molar-refractivity contribution is 0.940. The second-order valence-electron chi connectivity index (χ2n) is 9.04. The van der Waals surface area contributed by atoms with E-state index in [1.165, 1.54) is 11.1 Å². The molecule has 0 aliphatic rings. The van der Waals surface area contributed by atoms with Gasteiger partial charge in [-0.1, -0.05) is 96.1 Å². The highest BCUT2D eigenvalue weighted by molar-refractivity contribution is 5.88. The van der Waals surface area contributed by atoms with Crippen LogP contribution in [0.4, 0.5) is 22.9 Å². The monoisotopic (exact) mass is 482 g/mol. The van der Waals surface area contributed by atoms with Gasteiger partial charge in [0.25, 0.3) is 0 Å². The zero-order valence-corrected chi connectivity index (χ0v) is 20.7. The number of hydrogen-bond acceptors (Lipinski definition) is 5. The van der Waals surface area contributed by atoms with E-state index >= 15 is 0 Å². The van der Waals surface area contributed by atoms with Gasteiger partial charge in [-0.3, -0.25) is 0 Å². The Balaban J connectivity index is 1.60. The third-order valence-electron chi connectivity index (χ3n) is 6.19. The molecule has 0 saturated heterocycles. The smallest absolute Gasteiger partial charge is 0.185 e. The third-order valence-corrected chi connectivity index (χ3v) is 6.19. The van der Waals surface area contributed by atoms with Crippen molar-refractivity contribution in [2.24, 2.45) is 0 Å². The van der Waals surface area contributed by atoms with Crippen LogP contribution < -0.4 is 10.6 Å². The summed E-state index contributed by atoms with van der Waals surface area (Å²) in [5.74, 6) is 2.01. The molecule has 0 amide bonds. The van der Waals surface area contributed by atoms with E-state index in [-0.39, 0.29) is 0 Å². The molecule has 180 valence electrons. The van der Waals surface area contributed by atoms with Crippen LogP contribution in [0.5, 0.6) is 0 Å². The topological polar surface area (TPSA) is 67.1 Å². The summed E-state index contributed by atoms with van der Waals surface area (Å²) in [5, 5.41) is 12.0. The van der Waals surface area contributed by atoms with Gasteiger partial charge in [0.15, 0.2) is 23.1 Å². The molecule has 6 rings (SSSR count). The normalized spacial score (nSPS) is 11.0. The Bertz CT molecular complexity index is 1660. The van der Waals surface area contributed by atoms with Crippen molar-refractivity contribution in [2.75, 3.05) is 10.6 Å². The van der Waals surface area contributed by atoms with Crippen molar-refractivity contribution < 1.29 is 0 Å². The van der Waals surface area contributed by atoms with Crippen LogP contribution in [-0.2, 0) is 0 Å². The molecule has 37 heavy (non-hydrogen) atoms. The van der Waals surface area contributed by atoms with E-state index in [9.17, 15) is 0 Å². The molecule has 0 aliphatic heterocycles. The molecule has 6 heteroatoms. The average molecular weight is 483 g/mol. The number of anilines is 4. The van der Waals surface area contributed by atoms with Crippen LogP contribution in [0.1, 0.15) is 11.1 Å². The molecule has 0 fully saturated rings. The first kappa shape index (κ1) is 22.5. The van der Waals surface area contributed by atoms with Crippen LogP contribution >= 0.6 is 0 Å². The number of nitrogens with zero attached hydrogens (tertiary/aromatic N) is 4. The molecule has 2 heterocycles. The Kier molecular flexibility index (Phi) is 5.83. The minimum absolute atomic E-state index is 0.638. The summed E-state index contributed by atoms with van der Waals surface area (Å²) in [6.07, 6.45) is 0. The van der Waals surface area contributed by atoms with E-state index in [4.69, 9.17) is 15.1 Å². The zero-order chi connectivity index (χ0) is 25.2. The van der Waals surface area contributed by atoms with Gasteiger partial charge in [-0.05, 0) is 38.1 Å². The van der Waals surface area contributed by atoms with Gasteiger partial charge in [0.1, 0.15) is 5.69 Å². The summed E-state index contributed by atoms with van der Waals surface area (Å²) in [6, 6.07) is 36.6. The van der Waals surface area contributed by atoms with Gasteiger partial charge in [0, 0.05) is 22.5 Å². The predicted molar refractivity (Wildman–Crippen MR) is 151 cm³/mol. The van der Waals surface area contributed by atoms with Crippen LogP contribution in [0, 0.1) is 13.8 Å². The summed E-state index contributed by atoms with van der Waals surface area (Å²) < 4.78 is 1.83. The lowest BCUT2D eigenvalue weighted by Crippen LogP contribution is -2.07. The molecule has 0 spiro atoms. The summed E-state index contributed by atoms with van der Waals surface area (Å²) in [4.78, 5) is 10.1. The summed E-state index contributed by atoms with van der Waals surface area (Å²) >= 11 is 0. The van der Waals surface area contributed by atoms with Crippen molar-refractivity contribution in [3.05, 3.63) is 120 Å². The van der Waals surface area contributed by atoms with Crippen molar-refractivity contribution in [3.63, 3.8) is 0 Å². The van der Waals surface area contributed by atoms with Crippen molar-refractivity contribution in [2.45, 2.75) is 13.8 Å². The molecule has 2 aromatic heterocycles. The molecular weight excluding hydrogens is 456 g/mol. The molecule has 6 nitrogen and oxygen atoms in total. The number of benzene rings is 4. The first-order valence-corrected chi connectivity index (χ1v) is 12.2. The number of rotatable bonds is 6. The maximum Gasteiger partial charge on any atom is 0.185 e. The average Bonchev–Trinajstić information content (AvgIpc) is 3.39. The minimum atomic E-state index is 0.638. The van der Waals surface area contributed by atoms with Crippen LogP contribution in [0.15, 0.2) is 109 Å². The number of aryl methyl sites for hydroxylation is 2. The highest BCUT2D eigenvalue weighted by Crippen LogP contribution is 2.35. The number of hydrogen-bond donors (Lipinski definition) is 2. The van der Waals surface area contributed by atoms with Crippen LogP contribution in [-0.4, -0.2) is 19.6 Å². The molecule has 0 bridgehead atoms. The first-order chi connectivity index (χ1) is 18.1. The van der Waals surface area contributed by atoms with E-state index in [0.29, 0.717) is 23.1 Å². The van der Waals surface area contributed by atoms with E-state index < -0.39 is 0 Å². The first-order valence-electron chi connectivity index (χ1n) is 12.2. The number of aromatic nitrogens is 4. The van der Waals surface area contributed by atoms with E-state index in [0.717, 1.165) is 28.2 Å². The highest BCUT2D eigenvalue weighted by Gasteiger charge is 2.20. The van der Waals surface area contributed by atoms with E-state index in [2.05, 4.69) is 73.0 Å². The Hall–Kier alpha value is -4.97. The van der Waals surface area contributed by atoms with Gasteiger partial charge in [0.05, 0.1) is 0 Å². The molecule has 0 atom stereocenters.